The Morgan fingerprint density at radius 3 is 2.65 bits per heavy atom. The lowest BCUT2D eigenvalue weighted by atomic mass is 9.84. The largest absolute Gasteiger partial charge is 0.381 e. The van der Waals surface area contributed by atoms with E-state index in [0.29, 0.717) is 34.2 Å². The highest BCUT2D eigenvalue weighted by atomic mass is 32.2. The number of hydrogen-bond acceptors (Lipinski definition) is 10. The van der Waals surface area contributed by atoms with Gasteiger partial charge in [0.2, 0.25) is 0 Å². The Morgan fingerprint density at radius 2 is 1.84 bits per heavy atom. The summed E-state index contributed by atoms with van der Waals surface area (Å²) >= 11 is 6.07. The van der Waals surface area contributed by atoms with Crippen molar-refractivity contribution in [1.29, 1.82) is 0 Å². The van der Waals surface area contributed by atoms with Crippen LogP contribution in [0.5, 0.6) is 0 Å². The quantitative estimate of drug-likeness (QED) is 0.386. The fourth-order valence-corrected chi connectivity index (χ4v) is 9.32. The maximum atomic E-state index is 5.71. The van der Waals surface area contributed by atoms with Crippen molar-refractivity contribution in [3.05, 3.63) is 0 Å². The van der Waals surface area contributed by atoms with E-state index >= 15 is 0 Å². The van der Waals surface area contributed by atoms with E-state index in [9.17, 15) is 0 Å². The molecule has 0 aromatic rings. The van der Waals surface area contributed by atoms with E-state index in [2.05, 4.69) is 33.2 Å². The summed E-state index contributed by atoms with van der Waals surface area (Å²) in [5.74, 6) is 3.02. The van der Waals surface area contributed by atoms with Crippen LogP contribution in [0.4, 0.5) is 0 Å². The highest BCUT2D eigenvalue weighted by Crippen LogP contribution is 2.38. The summed E-state index contributed by atoms with van der Waals surface area (Å²) in [7, 11) is 5.47. The molecule has 4 aliphatic rings. The first kappa shape index (κ1) is 24.9. The van der Waals surface area contributed by atoms with E-state index < -0.39 is 0 Å². The lowest BCUT2D eigenvalue weighted by molar-refractivity contribution is -0.0710. The number of thioether (sulfide) groups is 3. The monoisotopic (exact) mass is 492 g/mol. The van der Waals surface area contributed by atoms with E-state index in [1.807, 2.05) is 44.9 Å². The Balaban J connectivity index is 1.13. The minimum atomic E-state index is 0.234. The van der Waals surface area contributed by atoms with Crippen molar-refractivity contribution in [1.82, 2.24) is 21.5 Å². The summed E-state index contributed by atoms with van der Waals surface area (Å²) in [4.78, 5) is 0. The predicted molar refractivity (Wildman–Crippen MR) is 132 cm³/mol. The highest BCUT2D eigenvalue weighted by molar-refractivity contribution is 8.17. The molecular formula is C21H40N4O3S3. The molecule has 2 saturated heterocycles. The molecule has 180 valence electrons. The minimum Gasteiger partial charge on any atom is -0.381 e. The van der Waals surface area contributed by atoms with Crippen LogP contribution in [0.1, 0.15) is 44.9 Å². The molecule has 7 nitrogen and oxygen atoms in total. The van der Waals surface area contributed by atoms with Crippen LogP contribution in [-0.2, 0) is 14.2 Å². The summed E-state index contributed by atoms with van der Waals surface area (Å²) < 4.78 is 17.3. The van der Waals surface area contributed by atoms with Gasteiger partial charge in [-0.2, -0.15) is 0 Å². The van der Waals surface area contributed by atoms with Gasteiger partial charge in [-0.05, 0) is 50.9 Å². The third kappa shape index (κ3) is 6.90. The molecule has 4 rings (SSSR count). The van der Waals surface area contributed by atoms with E-state index in [1.165, 1.54) is 31.4 Å². The van der Waals surface area contributed by atoms with Crippen molar-refractivity contribution >= 4 is 35.3 Å². The van der Waals surface area contributed by atoms with Gasteiger partial charge in [-0.3, -0.25) is 5.32 Å². The zero-order chi connectivity index (χ0) is 21.6. The fourth-order valence-electron chi connectivity index (χ4n) is 5.27. The molecule has 0 amide bonds. The van der Waals surface area contributed by atoms with Gasteiger partial charge in [0, 0.05) is 44.9 Å². The summed E-state index contributed by atoms with van der Waals surface area (Å²) in [6.07, 6.45) is 9.15. The molecule has 2 saturated carbocycles. The van der Waals surface area contributed by atoms with Gasteiger partial charge in [0.25, 0.3) is 0 Å². The van der Waals surface area contributed by atoms with Gasteiger partial charge in [-0.1, -0.05) is 11.8 Å². The Hall–Kier alpha value is 0.770. The summed E-state index contributed by atoms with van der Waals surface area (Å²) in [6.45, 7) is 0. The molecule has 10 heteroatoms. The van der Waals surface area contributed by atoms with E-state index in [1.54, 1.807) is 0 Å². The molecule has 4 N–H and O–H groups in total. The Bertz CT molecular complexity index is 552. The average molecular weight is 493 g/mol. The summed E-state index contributed by atoms with van der Waals surface area (Å²) in [6, 6.07) is 1.13. The topological polar surface area (TPSA) is 75.8 Å². The lowest BCUT2D eigenvalue weighted by Gasteiger charge is -2.36. The maximum absolute atomic E-state index is 5.71. The van der Waals surface area contributed by atoms with Crippen molar-refractivity contribution in [3.63, 3.8) is 0 Å². The van der Waals surface area contributed by atoms with Gasteiger partial charge in [-0.15, -0.1) is 23.5 Å². The van der Waals surface area contributed by atoms with E-state index in [0.717, 1.165) is 25.0 Å². The second-order valence-corrected chi connectivity index (χ2v) is 12.9. The Labute approximate surface area is 200 Å². The lowest BCUT2D eigenvalue weighted by Crippen LogP contribution is -2.47. The number of hydrogen-bond donors (Lipinski definition) is 4. The van der Waals surface area contributed by atoms with Crippen LogP contribution in [0.25, 0.3) is 0 Å². The standard InChI is InChI=1S/C21H40N4O3S3/c1-26-16-6-4-5-14(10-16)23-20-24-25-21(31-20)30-12-15-11-29-19(22-15)13-7-8-17(27-2)18(9-13)28-3/h13-25H,4-12H2,1-3H3. The molecule has 0 aromatic carbocycles. The number of ether oxygens (including phenoxy) is 3. The number of hydrazine groups is 1. The van der Waals surface area contributed by atoms with Crippen LogP contribution >= 0.6 is 35.3 Å². The third-order valence-corrected chi connectivity index (χ3v) is 11.2. The van der Waals surface area contributed by atoms with Gasteiger partial charge in [0.05, 0.1) is 23.7 Å². The summed E-state index contributed by atoms with van der Waals surface area (Å²) in [5.41, 5.74) is 7.17. The number of methoxy groups -OCH3 is 3. The molecule has 2 aliphatic carbocycles. The third-order valence-electron chi connectivity index (χ3n) is 7.07. The van der Waals surface area contributed by atoms with Crippen LogP contribution in [0.3, 0.4) is 0 Å². The molecule has 0 bridgehead atoms. The molecule has 2 heterocycles. The van der Waals surface area contributed by atoms with Gasteiger partial charge in [0.15, 0.2) is 0 Å². The molecule has 4 fully saturated rings. The Kier molecular flexibility index (Phi) is 10.0. The van der Waals surface area contributed by atoms with Gasteiger partial charge in [0.1, 0.15) is 10.2 Å². The van der Waals surface area contributed by atoms with Gasteiger partial charge < -0.3 is 19.5 Å². The molecule has 2 aliphatic heterocycles. The van der Waals surface area contributed by atoms with Crippen molar-refractivity contribution < 1.29 is 14.2 Å². The molecular weight excluding hydrogens is 452 g/mol. The summed E-state index contributed by atoms with van der Waals surface area (Å²) in [5, 5.41) is 8.22. The Morgan fingerprint density at radius 1 is 0.968 bits per heavy atom. The number of rotatable bonds is 9. The molecule has 0 aromatic heterocycles. The smallest absolute Gasteiger partial charge is 0.121 e. The molecule has 9 unspecified atom stereocenters. The van der Waals surface area contributed by atoms with Crippen LogP contribution in [0.2, 0.25) is 0 Å². The molecule has 0 spiro atoms. The van der Waals surface area contributed by atoms with Crippen LogP contribution in [0, 0.1) is 5.92 Å². The first-order valence-electron chi connectivity index (χ1n) is 11.7. The highest BCUT2D eigenvalue weighted by Gasteiger charge is 2.38. The van der Waals surface area contributed by atoms with Gasteiger partial charge >= 0.3 is 0 Å². The van der Waals surface area contributed by atoms with Crippen LogP contribution in [-0.4, -0.2) is 78.8 Å². The number of nitrogens with one attached hydrogen (secondary N) is 4. The second-order valence-electron chi connectivity index (χ2n) is 9.10. The van der Waals surface area contributed by atoms with E-state index in [4.69, 9.17) is 14.2 Å². The van der Waals surface area contributed by atoms with Crippen molar-refractivity contribution in [2.45, 2.75) is 90.9 Å². The van der Waals surface area contributed by atoms with Crippen molar-refractivity contribution in [3.8, 4) is 0 Å². The zero-order valence-corrected chi connectivity index (χ0v) is 21.5. The van der Waals surface area contributed by atoms with Crippen molar-refractivity contribution in [2.24, 2.45) is 5.92 Å². The first-order chi connectivity index (χ1) is 15.2. The minimum absolute atomic E-state index is 0.234. The normalized spacial score (nSPS) is 44.0. The predicted octanol–water partition coefficient (Wildman–Crippen LogP) is 2.54. The molecule has 0 radical (unpaired) electrons. The first-order valence-corrected chi connectivity index (χ1v) is 14.7. The molecule has 31 heavy (non-hydrogen) atoms. The van der Waals surface area contributed by atoms with Gasteiger partial charge in [-0.25, -0.2) is 10.9 Å². The fraction of sp³-hybridized carbons (Fsp3) is 1.00. The van der Waals surface area contributed by atoms with Crippen LogP contribution < -0.4 is 21.5 Å². The maximum Gasteiger partial charge on any atom is 0.121 e. The van der Waals surface area contributed by atoms with Crippen molar-refractivity contribution in [2.75, 3.05) is 32.8 Å². The second kappa shape index (κ2) is 12.5. The average Bonchev–Trinajstić information content (AvgIpc) is 3.47. The molecule has 9 atom stereocenters. The van der Waals surface area contributed by atoms with E-state index in [-0.39, 0.29) is 17.7 Å². The SMILES string of the molecule is COC1CCCC(NC2NNC(SCC3CSC(C4CCC(OC)C(OC)C4)N3)S2)C1. The zero-order valence-electron chi connectivity index (χ0n) is 19.0. The van der Waals surface area contributed by atoms with Crippen LogP contribution in [0.15, 0.2) is 0 Å².